The predicted octanol–water partition coefficient (Wildman–Crippen LogP) is 4.42. The number of hydrogen-bond donors (Lipinski definition) is 1. The molecule has 0 radical (unpaired) electrons. The number of carboxylic acids is 1. The highest BCUT2D eigenvalue weighted by atomic mass is 19.1. The Bertz CT molecular complexity index is 481. The van der Waals surface area contributed by atoms with Gasteiger partial charge in [0.1, 0.15) is 11.6 Å². The highest BCUT2D eigenvalue weighted by molar-refractivity contribution is 5.70. The lowest BCUT2D eigenvalue weighted by Crippen LogP contribution is -2.32. The standard InChI is InChI=1S/C17H22F2O2/c1-2-4-11-7-8-13(17(20)21)12(9-11)10-14-15(18)5-3-6-16(14)19/h3,5-6,11-13H,2,4,7-10H2,1H3,(H,20,21). The maximum Gasteiger partial charge on any atom is 0.306 e. The Morgan fingerprint density at radius 2 is 1.95 bits per heavy atom. The smallest absolute Gasteiger partial charge is 0.306 e. The second-order valence-corrected chi connectivity index (χ2v) is 6.08. The van der Waals surface area contributed by atoms with Gasteiger partial charge < -0.3 is 5.11 Å². The van der Waals surface area contributed by atoms with E-state index in [4.69, 9.17) is 0 Å². The second kappa shape index (κ2) is 7.01. The van der Waals surface area contributed by atoms with Crippen molar-refractivity contribution in [2.45, 2.75) is 45.4 Å². The third-order valence-corrected chi connectivity index (χ3v) is 4.63. The summed E-state index contributed by atoms with van der Waals surface area (Å²) in [4.78, 5) is 11.4. The van der Waals surface area contributed by atoms with Crippen molar-refractivity contribution in [1.29, 1.82) is 0 Å². The summed E-state index contributed by atoms with van der Waals surface area (Å²) in [5.74, 6) is -2.18. The van der Waals surface area contributed by atoms with E-state index in [2.05, 4.69) is 6.92 Å². The topological polar surface area (TPSA) is 37.3 Å². The summed E-state index contributed by atoms with van der Waals surface area (Å²) in [6.07, 6.45) is 4.56. The molecule has 4 heteroatoms. The SMILES string of the molecule is CCCC1CCC(C(=O)O)C(Cc2c(F)cccc2F)C1. The summed E-state index contributed by atoms with van der Waals surface area (Å²) in [5, 5.41) is 9.35. The van der Waals surface area contributed by atoms with Crippen molar-refractivity contribution in [2.75, 3.05) is 0 Å². The van der Waals surface area contributed by atoms with Crippen LogP contribution in [0.4, 0.5) is 8.78 Å². The molecule has 3 atom stereocenters. The molecule has 1 aliphatic rings. The number of halogens is 2. The third-order valence-electron chi connectivity index (χ3n) is 4.63. The van der Waals surface area contributed by atoms with Gasteiger partial charge in [0.15, 0.2) is 0 Å². The van der Waals surface area contributed by atoms with Crippen LogP contribution in [0.3, 0.4) is 0 Å². The van der Waals surface area contributed by atoms with Crippen LogP contribution in [0.1, 0.15) is 44.6 Å². The van der Waals surface area contributed by atoms with Crippen molar-refractivity contribution in [1.82, 2.24) is 0 Å². The molecule has 2 nitrogen and oxygen atoms in total. The molecule has 116 valence electrons. The summed E-state index contributed by atoms with van der Waals surface area (Å²) < 4.78 is 27.6. The number of rotatable bonds is 5. The van der Waals surface area contributed by atoms with Gasteiger partial charge in [0.2, 0.25) is 0 Å². The second-order valence-electron chi connectivity index (χ2n) is 6.08. The molecule has 2 rings (SSSR count). The van der Waals surface area contributed by atoms with E-state index >= 15 is 0 Å². The van der Waals surface area contributed by atoms with Crippen molar-refractivity contribution in [3.8, 4) is 0 Å². The van der Waals surface area contributed by atoms with Gasteiger partial charge in [-0.2, -0.15) is 0 Å². The molecule has 0 spiro atoms. The Morgan fingerprint density at radius 1 is 1.29 bits per heavy atom. The van der Waals surface area contributed by atoms with Gasteiger partial charge in [-0.05, 0) is 49.7 Å². The molecule has 0 aliphatic heterocycles. The average Bonchev–Trinajstić information content (AvgIpc) is 2.43. The molecule has 1 aromatic rings. The minimum Gasteiger partial charge on any atom is -0.481 e. The lowest BCUT2D eigenvalue weighted by Gasteiger charge is -2.34. The van der Waals surface area contributed by atoms with Gasteiger partial charge in [-0.1, -0.05) is 25.8 Å². The van der Waals surface area contributed by atoms with Gasteiger partial charge in [0, 0.05) is 5.56 Å². The van der Waals surface area contributed by atoms with Crippen LogP contribution in [0.25, 0.3) is 0 Å². The summed E-state index contributed by atoms with van der Waals surface area (Å²) in [6, 6.07) is 3.81. The van der Waals surface area contributed by atoms with Crippen LogP contribution >= 0.6 is 0 Å². The first-order valence-corrected chi connectivity index (χ1v) is 7.68. The number of benzene rings is 1. The van der Waals surface area contributed by atoms with Gasteiger partial charge in [-0.25, -0.2) is 8.78 Å². The average molecular weight is 296 g/mol. The summed E-state index contributed by atoms with van der Waals surface area (Å²) in [5.41, 5.74) is 0.0332. The molecule has 1 aromatic carbocycles. The van der Waals surface area contributed by atoms with E-state index in [0.717, 1.165) is 25.7 Å². The van der Waals surface area contributed by atoms with E-state index in [0.29, 0.717) is 12.3 Å². The molecule has 3 unspecified atom stereocenters. The number of carboxylic acid groups (broad SMARTS) is 1. The number of carbonyl (C=O) groups is 1. The zero-order valence-electron chi connectivity index (χ0n) is 12.3. The van der Waals surface area contributed by atoms with Gasteiger partial charge >= 0.3 is 5.97 Å². The van der Waals surface area contributed by atoms with Crippen molar-refractivity contribution in [2.24, 2.45) is 17.8 Å². The van der Waals surface area contributed by atoms with Gasteiger partial charge in [0.05, 0.1) is 5.92 Å². The Kier molecular flexibility index (Phi) is 5.32. The summed E-state index contributed by atoms with van der Waals surface area (Å²) in [7, 11) is 0. The van der Waals surface area contributed by atoms with E-state index < -0.39 is 23.5 Å². The van der Waals surface area contributed by atoms with Gasteiger partial charge in [-0.15, -0.1) is 0 Å². The maximum absolute atomic E-state index is 13.8. The van der Waals surface area contributed by atoms with Crippen LogP contribution in [0.15, 0.2) is 18.2 Å². The summed E-state index contributed by atoms with van der Waals surface area (Å²) in [6.45, 7) is 2.11. The zero-order chi connectivity index (χ0) is 15.4. The van der Waals surface area contributed by atoms with Crippen LogP contribution in [-0.4, -0.2) is 11.1 Å². The van der Waals surface area contributed by atoms with Crippen molar-refractivity contribution >= 4 is 5.97 Å². The maximum atomic E-state index is 13.8. The quantitative estimate of drug-likeness (QED) is 0.873. The monoisotopic (exact) mass is 296 g/mol. The Labute approximate surface area is 124 Å². The Morgan fingerprint density at radius 3 is 2.52 bits per heavy atom. The predicted molar refractivity (Wildman–Crippen MR) is 76.9 cm³/mol. The highest BCUT2D eigenvalue weighted by Crippen LogP contribution is 2.38. The molecular weight excluding hydrogens is 274 g/mol. The molecule has 0 heterocycles. The molecule has 1 saturated carbocycles. The lowest BCUT2D eigenvalue weighted by molar-refractivity contribution is -0.145. The highest BCUT2D eigenvalue weighted by Gasteiger charge is 2.35. The Balaban J connectivity index is 2.18. The molecule has 0 aromatic heterocycles. The number of aliphatic carboxylic acids is 1. The lowest BCUT2D eigenvalue weighted by atomic mass is 9.70. The van der Waals surface area contributed by atoms with E-state index in [-0.39, 0.29) is 17.9 Å². The van der Waals surface area contributed by atoms with E-state index in [1.807, 2.05) is 0 Å². The minimum absolute atomic E-state index is 0.0332. The van der Waals surface area contributed by atoms with Crippen molar-refractivity contribution in [3.05, 3.63) is 35.4 Å². The molecule has 21 heavy (non-hydrogen) atoms. The van der Waals surface area contributed by atoms with Crippen LogP contribution in [0.5, 0.6) is 0 Å². The molecular formula is C17H22F2O2. The zero-order valence-corrected chi connectivity index (χ0v) is 12.3. The van der Waals surface area contributed by atoms with Gasteiger partial charge in [0.25, 0.3) is 0 Å². The minimum atomic E-state index is -0.841. The molecule has 0 bridgehead atoms. The third kappa shape index (κ3) is 3.80. The Hall–Kier alpha value is -1.45. The van der Waals surface area contributed by atoms with E-state index in [1.54, 1.807) is 0 Å². The van der Waals surface area contributed by atoms with E-state index in [9.17, 15) is 18.7 Å². The van der Waals surface area contributed by atoms with Crippen LogP contribution in [0.2, 0.25) is 0 Å². The van der Waals surface area contributed by atoms with Crippen LogP contribution < -0.4 is 0 Å². The largest absolute Gasteiger partial charge is 0.481 e. The first-order valence-electron chi connectivity index (χ1n) is 7.68. The first kappa shape index (κ1) is 15.9. The first-order chi connectivity index (χ1) is 10.0. The fraction of sp³-hybridized carbons (Fsp3) is 0.588. The normalized spacial score (nSPS) is 25.8. The molecule has 1 N–H and O–H groups in total. The number of hydrogen-bond acceptors (Lipinski definition) is 1. The fourth-order valence-corrected chi connectivity index (χ4v) is 3.57. The van der Waals surface area contributed by atoms with Crippen molar-refractivity contribution < 1.29 is 18.7 Å². The van der Waals surface area contributed by atoms with E-state index in [1.165, 1.54) is 18.2 Å². The fourth-order valence-electron chi connectivity index (χ4n) is 3.57. The molecule has 1 aliphatic carbocycles. The molecule has 1 fully saturated rings. The van der Waals surface area contributed by atoms with Gasteiger partial charge in [-0.3, -0.25) is 4.79 Å². The van der Waals surface area contributed by atoms with Crippen molar-refractivity contribution in [3.63, 3.8) is 0 Å². The molecule has 0 saturated heterocycles. The molecule has 0 amide bonds. The summed E-state index contributed by atoms with van der Waals surface area (Å²) >= 11 is 0. The van der Waals surface area contributed by atoms with Crippen LogP contribution in [0, 0.1) is 29.4 Å². The van der Waals surface area contributed by atoms with Crippen LogP contribution in [-0.2, 0) is 11.2 Å².